The van der Waals surface area contributed by atoms with Gasteiger partial charge in [-0.3, -0.25) is 4.79 Å². The second kappa shape index (κ2) is 6.14. The summed E-state index contributed by atoms with van der Waals surface area (Å²) in [5.74, 6) is 0. The summed E-state index contributed by atoms with van der Waals surface area (Å²) in [5, 5.41) is 4.32. The molecule has 3 aromatic carbocycles. The van der Waals surface area contributed by atoms with Crippen LogP contribution in [0, 0.1) is 0 Å². The highest BCUT2D eigenvalue weighted by atomic mass is 16.1. The maximum atomic E-state index is 13.1. The summed E-state index contributed by atoms with van der Waals surface area (Å²) >= 11 is 0. The van der Waals surface area contributed by atoms with Crippen molar-refractivity contribution in [2.24, 2.45) is 0 Å². The maximum absolute atomic E-state index is 13.1. The van der Waals surface area contributed by atoms with Crippen molar-refractivity contribution in [3.8, 4) is 0 Å². The third-order valence-electron chi connectivity index (χ3n) is 4.60. The fourth-order valence-electron chi connectivity index (χ4n) is 3.38. The summed E-state index contributed by atoms with van der Waals surface area (Å²) in [6, 6.07) is 27.1. The van der Waals surface area contributed by atoms with E-state index >= 15 is 0 Å². The minimum Gasteiger partial charge on any atom is -0.355 e. The van der Waals surface area contributed by atoms with Crippen LogP contribution < -0.4 is 10.9 Å². The van der Waals surface area contributed by atoms with Crippen LogP contribution >= 0.6 is 0 Å². The zero-order chi connectivity index (χ0) is 18.2. The zero-order valence-electron chi connectivity index (χ0n) is 14.4. The van der Waals surface area contributed by atoms with Gasteiger partial charge in [-0.25, -0.2) is 14.3 Å². The van der Waals surface area contributed by atoms with Crippen LogP contribution in [0.4, 0.5) is 11.4 Å². The first kappa shape index (κ1) is 15.4. The molecule has 5 rings (SSSR count). The molecule has 5 aromatic rings. The Labute approximate surface area is 155 Å². The predicted octanol–water partition coefficient (Wildman–Crippen LogP) is 4.41. The Morgan fingerprint density at radius 2 is 1.48 bits per heavy atom. The first-order valence-corrected chi connectivity index (χ1v) is 8.71. The third kappa shape index (κ3) is 2.57. The number of pyridine rings is 1. The van der Waals surface area contributed by atoms with Gasteiger partial charge in [0.25, 0.3) is 5.56 Å². The van der Waals surface area contributed by atoms with Gasteiger partial charge in [0.15, 0.2) is 0 Å². The molecule has 0 amide bonds. The van der Waals surface area contributed by atoms with Gasteiger partial charge in [-0.15, -0.1) is 0 Å². The molecule has 0 unspecified atom stereocenters. The van der Waals surface area contributed by atoms with Gasteiger partial charge in [0, 0.05) is 17.1 Å². The number of hydrogen-bond donors (Lipinski definition) is 1. The van der Waals surface area contributed by atoms with Gasteiger partial charge in [0.1, 0.15) is 6.33 Å². The number of hydrogen-bond acceptors (Lipinski definition) is 3. The van der Waals surface area contributed by atoms with E-state index < -0.39 is 0 Å². The van der Waals surface area contributed by atoms with Crippen LogP contribution in [-0.4, -0.2) is 14.3 Å². The normalized spacial score (nSPS) is 11.1. The van der Waals surface area contributed by atoms with Crippen molar-refractivity contribution in [2.45, 2.75) is 0 Å². The van der Waals surface area contributed by atoms with Crippen molar-refractivity contribution in [1.82, 2.24) is 14.3 Å². The third-order valence-corrected chi connectivity index (χ3v) is 4.60. The molecule has 0 aliphatic carbocycles. The highest BCUT2D eigenvalue weighted by Crippen LogP contribution is 2.25. The molecule has 0 radical (unpaired) electrons. The lowest BCUT2D eigenvalue weighted by Gasteiger charge is -2.15. The molecule has 0 aliphatic heterocycles. The molecule has 5 nitrogen and oxygen atoms in total. The Bertz CT molecular complexity index is 1320. The maximum Gasteiger partial charge on any atom is 0.272 e. The number of nitrogens with one attached hydrogen (secondary N) is 1. The quantitative estimate of drug-likeness (QED) is 0.523. The van der Waals surface area contributed by atoms with E-state index in [-0.39, 0.29) is 5.56 Å². The summed E-state index contributed by atoms with van der Waals surface area (Å²) in [6.45, 7) is 0. The van der Waals surface area contributed by atoms with E-state index in [0.29, 0.717) is 0 Å². The highest BCUT2D eigenvalue weighted by Gasteiger charge is 2.12. The number of nitrogens with zero attached hydrogens (tertiary/aromatic N) is 3. The van der Waals surface area contributed by atoms with Crippen LogP contribution in [0.15, 0.2) is 96.1 Å². The van der Waals surface area contributed by atoms with Gasteiger partial charge in [0.05, 0.1) is 22.2 Å². The molecule has 0 spiro atoms. The second-order valence-electron chi connectivity index (χ2n) is 6.29. The van der Waals surface area contributed by atoms with Crippen LogP contribution in [0.5, 0.6) is 0 Å². The van der Waals surface area contributed by atoms with Crippen molar-refractivity contribution >= 4 is 33.3 Å². The molecule has 5 heteroatoms. The Morgan fingerprint density at radius 1 is 0.778 bits per heavy atom. The van der Waals surface area contributed by atoms with E-state index in [1.807, 2.05) is 78.9 Å². The highest BCUT2D eigenvalue weighted by molar-refractivity contribution is 5.93. The molecule has 0 saturated heterocycles. The van der Waals surface area contributed by atoms with E-state index in [2.05, 4.69) is 10.3 Å². The molecule has 0 fully saturated rings. The molecule has 0 bridgehead atoms. The number of imidazole rings is 1. The van der Waals surface area contributed by atoms with E-state index in [0.717, 1.165) is 33.3 Å². The van der Waals surface area contributed by atoms with Gasteiger partial charge in [-0.1, -0.05) is 48.5 Å². The van der Waals surface area contributed by atoms with Crippen molar-refractivity contribution in [3.63, 3.8) is 0 Å². The molecule has 0 atom stereocenters. The molecule has 2 heterocycles. The first-order valence-electron chi connectivity index (χ1n) is 8.71. The zero-order valence-corrected chi connectivity index (χ0v) is 14.4. The van der Waals surface area contributed by atoms with Gasteiger partial charge in [-0.2, -0.15) is 0 Å². The fourth-order valence-corrected chi connectivity index (χ4v) is 3.38. The van der Waals surface area contributed by atoms with Crippen molar-refractivity contribution < 1.29 is 0 Å². The Hall–Kier alpha value is -3.86. The van der Waals surface area contributed by atoms with Crippen molar-refractivity contribution in [1.29, 1.82) is 0 Å². The van der Waals surface area contributed by atoms with E-state index in [4.69, 9.17) is 0 Å². The second-order valence-corrected chi connectivity index (χ2v) is 6.29. The lowest BCUT2D eigenvalue weighted by atomic mass is 10.1. The van der Waals surface area contributed by atoms with Gasteiger partial charge < -0.3 is 5.32 Å². The summed E-state index contributed by atoms with van der Waals surface area (Å²) in [4.78, 5) is 17.5. The molecular formula is C22H16N4O. The summed E-state index contributed by atoms with van der Waals surface area (Å²) in [7, 11) is 0. The SMILES string of the molecule is O=c1cc(Nc2ccccc2)c2ccccc2n1-n1cnc2ccccc21. The average molecular weight is 352 g/mol. The summed E-state index contributed by atoms with van der Waals surface area (Å²) in [6.07, 6.45) is 1.68. The smallest absolute Gasteiger partial charge is 0.272 e. The largest absolute Gasteiger partial charge is 0.355 e. The van der Waals surface area contributed by atoms with Gasteiger partial charge in [0.2, 0.25) is 0 Å². The number of aromatic nitrogens is 3. The number of anilines is 2. The number of rotatable bonds is 3. The van der Waals surface area contributed by atoms with Crippen LogP contribution in [0.25, 0.3) is 21.9 Å². The molecule has 1 N–H and O–H groups in total. The minimum atomic E-state index is -0.129. The van der Waals surface area contributed by atoms with Gasteiger partial charge >= 0.3 is 0 Å². The predicted molar refractivity (Wildman–Crippen MR) is 108 cm³/mol. The minimum absolute atomic E-state index is 0.129. The lowest BCUT2D eigenvalue weighted by molar-refractivity contribution is 0.679. The van der Waals surface area contributed by atoms with E-state index in [1.165, 1.54) is 0 Å². The summed E-state index contributed by atoms with van der Waals surface area (Å²) in [5.41, 5.74) is 4.13. The summed E-state index contributed by atoms with van der Waals surface area (Å²) < 4.78 is 3.45. The number of benzene rings is 3. The monoisotopic (exact) mass is 352 g/mol. The number of fused-ring (bicyclic) bond motifs is 2. The number of para-hydroxylation sites is 4. The van der Waals surface area contributed by atoms with E-state index in [9.17, 15) is 4.79 Å². The first-order chi connectivity index (χ1) is 13.3. The molecular weight excluding hydrogens is 336 g/mol. The topological polar surface area (TPSA) is 51.9 Å². The van der Waals surface area contributed by atoms with Crippen LogP contribution in [-0.2, 0) is 0 Å². The lowest BCUT2D eigenvalue weighted by Crippen LogP contribution is -2.25. The Morgan fingerprint density at radius 3 is 2.33 bits per heavy atom. The molecule has 130 valence electrons. The average Bonchev–Trinajstić information content (AvgIpc) is 3.13. The van der Waals surface area contributed by atoms with Crippen molar-refractivity contribution in [2.75, 3.05) is 5.32 Å². The van der Waals surface area contributed by atoms with Crippen LogP contribution in [0.1, 0.15) is 0 Å². The molecule has 0 aliphatic rings. The Balaban J connectivity index is 1.77. The molecule has 2 aromatic heterocycles. The fraction of sp³-hybridized carbons (Fsp3) is 0. The van der Waals surface area contributed by atoms with Crippen LogP contribution in [0.3, 0.4) is 0 Å². The molecule has 0 saturated carbocycles. The van der Waals surface area contributed by atoms with E-state index in [1.54, 1.807) is 21.7 Å². The Kier molecular flexibility index (Phi) is 3.50. The standard InChI is InChI=1S/C22H16N4O/c27-22-14-19(24-16-8-2-1-3-9-16)17-10-4-6-12-20(17)26(22)25-15-23-18-11-5-7-13-21(18)25/h1-15,24H. The van der Waals surface area contributed by atoms with Crippen LogP contribution in [0.2, 0.25) is 0 Å². The van der Waals surface area contributed by atoms with Gasteiger partial charge in [-0.05, 0) is 30.3 Å². The van der Waals surface area contributed by atoms with Crippen molar-refractivity contribution in [3.05, 3.63) is 102 Å². The molecule has 27 heavy (non-hydrogen) atoms.